The van der Waals surface area contributed by atoms with E-state index < -0.39 is 10.0 Å². The van der Waals surface area contributed by atoms with E-state index in [2.05, 4.69) is 10.0 Å². The van der Waals surface area contributed by atoms with Gasteiger partial charge in [-0.1, -0.05) is 0 Å². The number of hydrogen-bond donors (Lipinski definition) is 2. The first-order valence-electron chi connectivity index (χ1n) is 10.2. The molecule has 0 radical (unpaired) electrons. The summed E-state index contributed by atoms with van der Waals surface area (Å²) in [6.07, 6.45) is 6.58. The predicted octanol–water partition coefficient (Wildman–Crippen LogP) is 3.08. The molecule has 1 amide bonds. The Labute approximate surface area is 167 Å². The molecule has 0 aliphatic heterocycles. The van der Waals surface area contributed by atoms with Gasteiger partial charge in [-0.05, 0) is 88.3 Å². The largest absolute Gasteiger partial charge is 0.496 e. The molecule has 4 saturated carbocycles. The molecule has 154 valence electrons. The molecule has 2 N–H and O–H groups in total. The average molecular weight is 407 g/mol. The van der Waals surface area contributed by atoms with Gasteiger partial charge in [-0.25, -0.2) is 13.1 Å². The fourth-order valence-corrected chi connectivity index (χ4v) is 7.41. The second-order valence-electron chi connectivity index (χ2n) is 9.29. The standard InChI is InChI=1S/C21H30N2O4S/c1-13(2)22-20(24)18-9-17(4-5-19(18)27-3)28(25,26)23-21-10-14-6-15(11-21)8-16(7-14)12-21/h4-5,9,13-16,23H,6-8,10-12H2,1-3H3,(H,22,24). The summed E-state index contributed by atoms with van der Waals surface area (Å²) in [6, 6.07) is 4.46. The zero-order valence-electron chi connectivity index (χ0n) is 16.8. The van der Waals surface area contributed by atoms with E-state index in [1.807, 2.05) is 13.8 Å². The summed E-state index contributed by atoms with van der Waals surface area (Å²) >= 11 is 0. The van der Waals surface area contributed by atoms with Crippen LogP contribution in [-0.4, -0.2) is 33.0 Å². The number of methoxy groups -OCH3 is 1. The quantitative estimate of drug-likeness (QED) is 0.760. The first kappa shape index (κ1) is 19.7. The van der Waals surface area contributed by atoms with Crippen LogP contribution in [0.2, 0.25) is 0 Å². The molecule has 7 heteroatoms. The van der Waals surface area contributed by atoms with Crippen LogP contribution in [-0.2, 0) is 10.0 Å². The normalized spacial score (nSPS) is 31.2. The van der Waals surface area contributed by atoms with Gasteiger partial charge in [-0.15, -0.1) is 0 Å². The van der Waals surface area contributed by atoms with E-state index in [9.17, 15) is 13.2 Å². The first-order valence-corrected chi connectivity index (χ1v) is 11.7. The van der Waals surface area contributed by atoms with Crippen molar-refractivity contribution in [1.82, 2.24) is 10.0 Å². The third kappa shape index (κ3) is 3.66. The van der Waals surface area contributed by atoms with E-state index in [0.717, 1.165) is 19.3 Å². The number of carbonyl (C=O) groups is 1. The van der Waals surface area contributed by atoms with Gasteiger partial charge < -0.3 is 10.1 Å². The van der Waals surface area contributed by atoms with Crippen molar-refractivity contribution in [1.29, 1.82) is 0 Å². The average Bonchev–Trinajstić information content (AvgIpc) is 2.58. The molecule has 5 rings (SSSR count). The summed E-state index contributed by atoms with van der Waals surface area (Å²) in [7, 11) is -2.24. The number of rotatable bonds is 6. The molecule has 4 aliphatic rings. The molecule has 4 fully saturated rings. The summed E-state index contributed by atoms with van der Waals surface area (Å²) in [4.78, 5) is 12.6. The predicted molar refractivity (Wildman–Crippen MR) is 107 cm³/mol. The fourth-order valence-electron chi connectivity index (χ4n) is 5.95. The van der Waals surface area contributed by atoms with Crippen LogP contribution in [0, 0.1) is 17.8 Å². The fraction of sp³-hybridized carbons (Fsp3) is 0.667. The number of benzene rings is 1. The number of amides is 1. The van der Waals surface area contributed by atoms with E-state index in [4.69, 9.17) is 4.74 Å². The van der Waals surface area contributed by atoms with E-state index in [-0.39, 0.29) is 27.9 Å². The maximum atomic E-state index is 13.2. The maximum absolute atomic E-state index is 13.2. The second kappa shape index (κ2) is 7.02. The van der Waals surface area contributed by atoms with E-state index in [1.165, 1.54) is 38.5 Å². The molecule has 6 nitrogen and oxygen atoms in total. The number of hydrogen-bond acceptors (Lipinski definition) is 4. The smallest absolute Gasteiger partial charge is 0.255 e. The van der Waals surface area contributed by atoms with Gasteiger partial charge in [0.05, 0.1) is 17.6 Å². The minimum Gasteiger partial charge on any atom is -0.496 e. The van der Waals surface area contributed by atoms with Crippen LogP contribution < -0.4 is 14.8 Å². The van der Waals surface area contributed by atoms with Crippen molar-refractivity contribution in [2.45, 2.75) is 68.8 Å². The van der Waals surface area contributed by atoms with Crippen molar-refractivity contribution in [2.24, 2.45) is 17.8 Å². The summed E-state index contributed by atoms with van der Waals surface area (Å²) in [5.74, 6) is 1.98. The molecule has 0 spiro atoms. The molecule has 0 atom stereocenters. The summed E-state index contributed by atoms with van der Waals surface area (Å²) in [6.45, 7) is 3.72. The lowest BCUT2D eigenvalue weighted by Crippen LogP contribution is -2.59. The van der Waals surface area contributed by atoms with Crippen molar-refractivity contribution < 1.29 is 17.9 Å². The van der Waals surface area contributed by atoms with Crippen molar-refractivity contribution in [2.75, 3.05) is 7.11 Å². The molecular weight excluding hydrogens is 376 g/mol. The molecule has 0 saturated heterocycles. The van der Waals surface area contributed by atoms with Gasteiger partial charge in [0.2, 0.25) is 10.0 Å². The van der Waals surface area contributed by atoms with Gasteiger partial charge in [0.15, 0.2) is 0 Å². The second-order valence-corrected chi connectivity index (χ2v) is 11.0. The summed E-state index contributed by atoms with van der Waals surface area (Å²) in [5, 5.41) is 2.80. The van der Waals surface area contributed by atoms with Crippen molar-refractivity contribution in [3.05, 3.63) is 23.8 Å². The number of ether oxygens (including phenoxy) is 1. The van der Waals surface area contributed by atoms with Crippen LogP contribution in [0.4, 0.5) is 0 Å². The molecular formula is C21H30N2O4S. The molecule has 0 unspecified atom stereocenters. The molecule has 1 aromatic rings. The number of nitrogens with one attached hydrogen (secondary N) is 2. The first-order chi connectivity index (χ1) is 13.2. The van der Waals surface area contributed by atoms with Crippen LogP contribution >= 0.6 is 0 Å². The highest BCUT2D eigenvalue weighted by molar-refractivity contribution is 7.89. The SMILES string of the molecule is COc1ccc(S(=O)(=O)NC23CC4CC(CC(C4)C2)C3)cc1C(=O)NC(C)C. The van der Waals surface area contributed by atoms with Crippen molar-refractivity contribution >= 4 is 15.9 Å². The van der Waals surface area contributed by atoms with Crippen LogP contribution in [0.25, 0.3) is 0 Å². The monoisotopic (exact) mass is 406 g/mol. The minimum atomic E-state index is -3.72. The Morgan fingerprint density at radius 3 is 2.18 bits per heavy atom. The molecule has 0 heterocycles. The lowest BCUT2D eigenvalue weighted by Gasteiger charge is -2.56. The topological polar surface area (TPSA) is 84.5 Å². The lowest BCUT2D eigenvalue weighted by molar-refractivity contribution is -0.00810. The van der Waals surface area contributed by atoms with E-state index in [1.54, 1.807) is 6.07 Å². The molecule has 1 aromatic carbocycles. The van der Waals surface area contributed by atoms with Gasteiger partial charge in [-0.3, -0.25) is 4.79 Å². The van der Waals surface area contributed by atoms with Gasteiger partial charge in [0, 0.05) is 11.6 Å². The van der Waals surface area contributed by atoms with Crippen LogP contribution in [0.15, 0.2) is 23.1 Å². The van der Waals surface area contributed by atoms with Crippen molar-refractivity contribution in [3.63, 3.8) is 0 Å². The van der Waals surface area contributed by atoms with Crippen molar-refractivity contribution in [3.8, 4) is 5.75 Å². The Balaban J connectivity index is 1.62. The van der Waals surface area contributed by atoms with Gasteiger partial charge in [0.1, 0.15) is 5.75 Å². The third-order valence-corrected chi connectivity index (χ3v) is 8.11. The Morgan fingerprint density at radius 2 is 1.68 bits per heavy atom. The zero-order chi connectivity index (χ0) is 20.1. The maximum Gasteiger partial charge on any atom is 0.255 e. The minimum absolute atomic E-state index is 0.0531. The summed E-state index contributed by atoms with van der Waals surface area (Å²) in [5.41, 5.74) is -0.0713. The van der Waals surface area contributed by atoms with Gasteiger partial charge in [-0.2, -0.15) is 0 Å². The number of sulfonamides is 1. The van der Waals surface area contributed by atoms with E-state index >= 15 is 0 Å². The Kier molecular flexibility index (Phi) is 4.94. The number of carbonyl (C=O) groups excluding carboxylic acids is 1. The highest BCUT2D eigenvalue weighted by Gasteiger charge is 2.52. The highest BCUT2D eigenvalue weighted by Crippen LogP contribution is 2.56. The van der Waals surface area contributed by atoms with Crippen LogP contribution in [0.3, 0.4) is 0 Å². The lowest BCUT2D eigenvalue weighted by atomic mass is 9.53. The third-order valence-electron chi connectivity index (χ3n) is 6.53. The zero-order valence-corrected chi connectivity index (χ0v) is 17.6. The van der Waals surface area contributed by atoms with Crippen LogP contribution in [0.1, 0.15) is 62.7 Å². The van der Waals surface area contributed by atoms with Gasteiger partial charge in [0.25, 0.3) is 5.91 Å². The Bertz CT molecular complexity index is 843. The van der Waals surface area contributed by atoms with E-state index in [0.29, 0.717) is 23.5 Å². The molecule has 4 bridgehead atoms. The molecule has 28 heavy (non-hydrogen) atoms. The molecule has 4 aliphatic carbocycles. The Hall–Kier alpha value is -1.60. The van der Waals surface area contributed by atoms with Crippen LogP contribution in [0.5, 0.6) is 5.75 Å². The Morgan fingerprint density at radius 1 is 1.11 bits per heavy atom. The highest BCUT2D eigenvalue weighted by atomic mass is 32.2. The summed E-state index contributed by atoms with van der Waals surface area (Å²) < 4.78 is 34.8. The molecule has 0 aromatic heterocycles. The van der Waals surface area contributed by atoms with Gasteiger partial charge >= 0.3 is 0 Å².